The minimum atomic E-state index is -0.486. The van der Waals surface area contributed by atoms with Gasteiger partial charge in [-0.3, -0.25) is 4.79 Å². The van der Waals surface area contributed by atoms with Crippen LogP contribution in [0.5, 0.6) is 0 Å². The van der Waals surface area contributed by atoms with E-state index in [4.69, 9.17) is 0 Å². The maximum Gasteiger partial charge on any atom is 0.265 e. The normalized spacial score (nSPS) is 11.1. The molecule has 0 radical (unpaired) electrons. The number of aromatic nitrogens is 5. The number of tetrazole rings is 1. The van der Waals surface area contributed by atoms with Gasteiger partial charge >= 0.3 is 0 Å². The Balaban J connectivity index is 1.59. The summed E-state index contributed by atoms with van der Waals surface area (Å²) in [5.41, 5.74) is 0.616. The molecular formula is C16H14FN7OS2. The highest BCUT2D eigenvalue weighted by molar-refractivity contribution is 7.29. The second-order valence-corrected chi connectivity index (χ2v) is 7.97. The molecule has 8 nitrogen and oxygen atoms in total. The van der Waals surface area contributed by atoms with Gasteiger partial charge in [0.25, 0.3) is 5.91 Å². The Hall–Kier alpha value is -2.92. The molecule has 0 spiro atoms. The number of nitrogens with one attached hydrogen (secondary N) is 1. The average Bonchev–Trinajstić information content (AvgIpc) is 3.30. The summed E-state index contributed by atoms with van der Waals surface area (Å²) in [5, 5.41) is 14.7. The van der Waals surface area contributed by atoms with E-state index in [0.29, 0.717) is 16.4 Å². The molecule has 3 aromatic heterocycles. The fourth-order valence-electron chi connectivity index (χ4n) is 2.43. The fourth-order valence-corrected chi connectivity index (χ4v) is 4.46. The van der Waals surface area contributed by atoms with Gasteiger partial charge in [-0.2, -0.15) is 4.68 Å². The summed E-state index contributed by atoms with van der Waals surface area (Å²) < 4.78 is 16.4. The first kappa shape index (κ1) is 17.5. The minimum Gasteiger partial charge on any atom is -0.354 e. The summed E-state index contributed by atoms with van der Waals surface area (Å²) in [4.78, 5) is 20.4. The van der Waals surface area contributed by atoms with Gasteiger partial charge < -0.3 is 10.2 Å². The van der Waals surface area contributed by atoms with Crippen LogP contribution in [0.4, 0.5) is 15.2 Å². The molecule has 3 heterocycles. The summed E-state index contributed by atoms with van der Waals surface area (Å²) >= 11 is 2.84. The van der Waals surface area contributed by atoms with Crippen molar-refractivity contribution in [1.82, 2.24) is 25.2 Å². The summed E-state index contributed by atoms with van der Waals surface area (Å²) in [6, 6.07) is 6.07. The maximum absolute atomic E-state index is 14.1. The molecule has 11 heteroatoms. The van der Waals surface area contributed by atoms with Crippen molar-refractivity contribution in [1.29, 1.82) is 0 Å². The molecule has 0 bridgehead atoms. The number of anilines is 2. The van der Waals surface area contributed by atoms with Gasteiger partial charge in [-0.1, -0.05) is 11.3 Å². The second kappa shape index (κ2) is 6.67. The Bertz CT molecular complexity index is 1120. The molecule has 0 saturated heterocycles. The van der Waals surface area contributed by atoms with Gasteiger partial charge in [0.1, 0.15) is 16.3 Å². The zero-order valence-corrected chi connectivity index (χ0v) is 16.2. The molecule has 1 amide bonds. The quantitative estimate of drug-likeness (QED) is 0.563. The van der Waals surface area contributed by atoms with Crippen molar-refractivity contribution >= 4 is 48.9 Å². The van der Waals surface area contributed by atoms with Crippen molar-refractivity contribution in [3.05, 3.63) is 40.8 Å². The largest absolute Gasteiger partial charge is 0.354 e. The predicted octanol–water partition coefficient (Wildman–Crippen LogP) is 3.10. The van der Waals surface area contributed by atoms with E-state index in [1.807, 2.05) is 25.1 Å². The molecule has 27 heavy (non-hydrogen) atoms. The number of carbonyl (C=O) groups excluding carboxylic acids is 1. The third-order valence-corrected chi connectivity index (χ3v) is 6.07. The van der Waals surface area contributed by atoms with Gasteiger partial charge in [-0.25, -0.2) is 9.37 Å². The van der Waals surface area contributed by atoms with Gasteiger partial charge in [0.15, 0.2) is 11.0 Å². The molecule has 0 aliphatic heterocycles. The first-order valence-electron chi connectivity index (χ1n) is 7.86. The Morgan fingerprint density at radius 3 is 2.74 bits per heavy atom. The van der Waals surface area contributed by atoms with Crippen LogP contribution in [0.15, 0.2) is 24.3 Å². The Morgan fingerprint density at radius 2 is 2.07 bits per heavy atom. The van der Waals surface area contributed by atoms with E-state index in [1.165, 1.54) is 45.6 Å². The van der Waals surface area contributed by atoms with Crippen LogP contribution in [-0.2, 0) is 0 Å². The van der Waals surface area contributed by atoms with Gasteiger partial charge in [0.05, 0.1) is 9.58 Å². The number of thiophene rings is 1. The molecule has 0 aliphatic rings. The van der Waals surface area contributed by atoms with E-state index >= 15 is 0 Å². The molecule has 1 N–H and O–H groups in total. The zero-order chi connectivity index (χ0) is 19.1. The zero-order valence-electron chi connectivity index (χ0n) is 14.6. The number of benzene rings is 1. The van der Waals surface area contributed by atoms with Crippen LogP contribution in [0.1, 0.15) is 15.5 Å². The van der Waals surface area contributed by atoms with Gasteiger partial charge in [0, 0.05) is 19.8 Å². The number of fused-ring (bicyclic) bond motifs is 1. The van der Waals surface area contributed by atoms with Crippen LogP contribution < -0.4 is 10.2 Å². The summed E-state index contributed by atoms with van der Waals surface area (Å²) in [7, 11) is 3.85. The molecule has 4 aromatic rings. The topological polar surface area (TPSA) is 88.8 Å². The van der Waals surface area contributed by atoms with Crippen molar-refractivity contribution in [3.8, 4) is 5.69 Å². The molecular weight excluding hydrogens is 389 g/mol. The van der Waals surface area contributed by atoms with E-state index in [2.05, 4.69) is 25.8 Å². The smallest absolute Gasteiger partial charge is 0.265 e. The van der Waals surface area contributed by atoms with Gasteiger partial charge in [-0.05, 0) is 41.6 Å². The van der Waals surface area contributed by atoms with Crippen LogP contribution >= 0.6 is 22.7 Å². The standard InChI is InChI=1S/C16H14FN7OS2/c1-8-20-21-22-24(8)11-6-9(4-5-10(11)17)18-14(25)12-7-13-15(26-12)19-16(27-13)23(2)3/h4-7H,1-3H3,(H,18,25). The maximum atomic E-state index is 14.1. The predicted molar refractivity (Wildman–Crippen MR) is 104 cm³/mol. The van der Waals surface area contributed by atoms with Crippen LogP contribution in [0, 0.1) is 12.7 Å². The first-order valence-corrected chi connectivity index (χ1v) is 9.49. The third kappa shape index (κ3) is 3.26. The summed E-state index contributed by atoms with van der Waals surface area (Å²) in [6.45, 7) is 1.66. The van der Waals surface area contributed by atoms with Crippen molar-refractivity contribution in [2.24, 2.45) is 0 Å². The lowest BCUT2D eigenvalue weighted by atomic mass is 10.2. The Morgan fingerprint density at radius 1 is 1.26 bits per heavy atom. The number of halogens is 1. The lowest BCUT2D eigenvalue weighted by molar-refractivity contribution is 0.103. The van der Waals surface area contributed by atoms with Crippen molar-refractivity contribution < 1.29 is 9.18 Å². The van der Waals surface area contributed by atoms with E-state index in [-0.39, 0.29) is 11.6 Å². The molecule has 0 aliphatic carbocycles. The number of amides is 1. The summed E-state index contributed by atoms with van der Waals surface area (Å²) in [5.74, 6) is -0.318. The molecule has 0 saturated carbocycles. The number of rotatable bonds is 4. The highest BCUT2D eigenvalue weighted by Gasteiger charge is 2.16. The molecule has 1 aromatic carbocycles. The molecule has 0 unspecified atom stereocenters. The molecule has 138 valence electrons. The van der Waals surface area contributed by atoms with Crippen molar-refractivity contribution in [2.45, 2.75) is 6.92 Å². The van der Waals surface area contributed by atoms with Crippen LogP contribution in [0.25, 0.3) is 15.2 Å². The van der Waals surface area contributed by atoms with Crippen LogP contribution in [0.2, 0.25) is 0 Å². The highest BCUT2D eigenvalue weighted by atomic mass is 32.1. The number of hydrogen-bond acceptors (Lipinski definition) is 8. The second-order valence-electron chi connectivity index (χ2n) is 5.93. The number of aryl methyl sites for hydroxylation is 1. The monoisotopic (exact) mass is 403 g/mol. The Kier molecular flexibility index (Phi) is 4.32. The molecule has 0 atom stereocenters. The molecule has 4 rings (SSSR count). The minimum absolute atomic E-state index is 0.166. The fraction of sp³-hybridized carbons (Fsp3) is 0.188. The lowest BCUT2D eigenvalue weighted by Gasteiger charge is -2.08. The number of carbonyl (C=O) groups is 1. The van der Waals surface area contributed by atoms with E-state index in [1.54, 1.807) is 6.92 Å². The summed E-state index contributed by atoms with van der Waals surface area (Å²) in [6.07, 6.45) is 0. The number of thiazole rings is 1. The first-order chi connectivity index (χ1) is 12.9. The SMILES string of the molecule is Cc1nnnn1-c1cc(NC(=O)c2cc3sc(N(C)C)nc3s2)ccc1F. The third-order valence-electron chi connectivity index (χ3n) is 3.74. The number of hydrogen-bond donors (Lipinski definition) is 1. The van der Waals surface area contributed by atoms with E-state index < -0.39 is 5.82 Å². The lowest BCUT2D eigenvalue weighted by Crippen LogP contribution is -2.11. The Labute approximate surface area is 161 Å². The van der Waals surface area contributed by atoms with E-state index in [0.717, 1.165) is 14.7 Å². The van der Waals surface area contributed by atoms with Crippen molar-refractivity contribution in [3.63, 3.8) is 0 Å². The average molecular weight is 403 g/mol. The van der Waals surface area contributed by atoms with Crippen LogP contribution in [-0.4, -0.2) is 45.2 Å². The number of nitrogens with zero attached hydrogens (tertiary/aromatic N) is 6. The van der Waals surface area contributed by atoms with Crippen molar-refractivity contribution in [2.75, 3.05) is 24.3 Å². The highest BCUT2D eigenvalue weighted by Crippen LogP contribution is 2.34. The van der Waals surface area contributed by atoms with E-state index in [9.17, 15) is 9.18 Å². The van der Waals surface area contributed by atoms with Gasteiger partial charge in [0.2, 0.25) is 0 Å². The molecule has 0 fully saturated rings. The van der Waals surface area contributed by atoms with Gasteiger partial charge in [-0.15, -0.1) is 16.4 Å². The van der Waals surface area contributed by atoms with Crippen LogP contribution in [0.3, 0.4) is 0 Å².